The van der Waals surface area contributed by atoms with Crippen LogP contribution in [-0.4, -0.2) is 129 Å². The van der Waals surface area contributed by atoms with Gasteiger partial charge in [-0.15, -0.1) is 0 Å². The lowest BCUT2D eigenvalue weighted by Crippen LogP contribution is -2.64. The first-order valence-electron chi connectivity index (χ1n) is 14.0. The zero-order valence-electron chi connectivity index (χ0n) is 22.3. The van der Waals surface area contributed by atoms with E-state index < -0.39 is 97.9 Å². The van der Waals surface area contributed by atoms with Crippen LogP contribution in [0.4, 0.5) is 0 Å². The van der Waals surface area contributed by atoms with Crippen LogP contribution in [0, 0.1) is 5.92 Å². The van der Waals surface area contributed by atoms with E-state index in [2.05, 4.69) is 0 Å². The van der Waals surface area contributed by atoms with Gasteiger partial charge in [0.25, 0.3) is 0 Å². The number of carboxylic acid groups (broad SMARTS) is 1. The minimum Gasteiger partial charge on any atom is -0.479 e. The van der Waals surface area contributed by atoms with Gasteiger partial charge in [-0.05, 0) is 51.4 Å². The molecule has 14 atom stereocenters. The highest BCUT2D eigenvalue weighted by molar-refractivity contribution is 5.72. The molecule has 0 radical (unpaired) electrons. The molecular formula is C26H42O13. The molecule has 5 fully saturated rings. The van der Waals surface area contributed by atoms with Crippen molar-refractivity contribution in [2.75, 3.05) is 6.61 Å². The van der Waals surface area contributed by atoms with Gasteiger partial charge < -0.3 is 59.1 Å². The average Bonchev–Trinajstić information content (AvgIpc) is 3.66. The van der Waals surface area contributed by atoms with Gasteiger partial charge in [-0.2, -0.15) is 0 Å². The number of fused-ring (bicyclic) bond motifs is 1. The van der Waals surface area contributed by atoms with Crippen LogP contribution in [-0.2, 0) is 33.2 Å². The Morgan fingerprint density at radius 3 is 2.26 bits per heavy atom. The van der Waals surface area contributed by atoms with E-state index in [0.717, 1.165) is 25.7 Å². The van der Waals surface area contributed by atoms with Gasteiger partial charge in [-0.3, -0.25) is 0 Å². The second-order valence-electron chi connectivity index (χ2n) is 11.8. The van der Waals surface area contributed by atoms with Gasteiger partial charge in [0.1, 0.15) is 42.7 Å². The minimum absolute atomic E-state index is 0.0295. The standard InChI is InChI=1S/C26H42O13/c1-11-4-3-5-13(20(11)38-24-19(31)18(30)16(28)12(2)34-24)36-25-22-21(17(29)15(10-27)37-25)35-14(23(32)33)6-7-26(39-22)8-9-26/h11-22,24-25,27-31H,3-10H2,1-2H3,(H,32,33). The largest absolute Gasteiger partial charge is 0.479 e. The predicted molar refractivity (Wildman–Crippen MR) is 129 cm³/mol. The first-order valence-corrected chi connectivity index (χ1v) is 14.0. The Bertz CT molecular complexity index is 854. The van der Waals surface area contributed by atoms with E-state index in [0.29, 0.717) is 12.8 Å². The van der Waals surface area contributed by atoms with Crippen molar-refractivity contribution in [1.29, 1.82) is 0 Å². The van der Waals surface area contributed by atoms with Crippen LogP contribution < -0.4 is 0 Å². The zero-order chi connectivity index (χ0) is 28.1. The molecule has 2 aliphatic carbocycles. The molecule has 3 heterocycles. The Kier molecular flexibility index (Phi) is 8.87. The number of aliphatic hydroxyl groups excluding tert-OH is 5. The molecule has 6 N–H and O–H groups in total. The Morgan fingerprint density at radius 2 is 1.59 bits per heavy atom. The topological polar surface area (TPSA) is 194 Å². The van der Waals surface area contributed by atoms with Crippen molar-refractivity contribution in [2.24, 2.45) is 5.92 Å². The van der Waals surface area contributed by atoms with Crippen LogP contribution in [0.5, 0.6) is 0 Å². The molecule has 5 rings (SSSR count). The Hall–Kier alpha value is -0.970. The number of carboxylic acids is 1. The molecule has 39 heavy (non-hydrogen) atoms. The fraction of sp³-hybridized carbons (Fsp3) is 0.962. The highest BCUT2D eigenvalue weighted by Crippen LogP contribution is 2.49. The first-order chi connectivity index (χ1) is 18.5. The summed E-state index contributed by atoms with van der Waals surface area (Å²) in [5, 5.41) is 61.4. The third-order valence-electron chi connectivity index (χ3n) is 8.94. The summed E-state index contributed by atoms with van der Waals surface area (Å²) in [5.41, 5.74) is -0.542. The molecule has 0 aromatic heterocycles. The number of aliphatic hydroxyl groups is 5. The first kappa shape index (κ1) is 29.5. The summed E-state index contributed by atoms with van der Waals surface area (Å²) in [6.07, 6.45) is -9.68. The number of carbonyl (C=O) groups is 1. The molecule has 3 aliphatic heterocycles. The van der Waals surface area contributed by atoms with Crippen molar-refractivity contribution >= 4 is 5.97 Å². The van der Waals surface area contributed by atoms with Crippen molar-refractivity contribution < 1.29 is 63.9 Å². The van der Waals surface area contributed by atoms with Gasteiger partial charge in [0.15, 0.2) is 18.7 Å². The average molecular weight is 563 g/mol. The van der Waals surface area contributed by atoms with Gasteiger partial charge in [0.2, 0.25) is 0 Å². The zero-order valence-corrected chi connectivity index (χ0v) is 22.3. The fourth-order valence-corrected chi connectivity index (χ4v) is 6.28. The maximum atomic E-state index is 11.9. The molecule has 0 amide bonds. The summed E-state index contributed by atoms with van der Waals surface area (Å²) in [7, 11) is 0. The Morgan fingerprint density at radius 1 is 0.846 bits per heavy atom. The smallest absolute Gasteiger partial charge is 0.332 e. The van der Waals surface area contributed by atoms with Crippen LogP contribution >= 0.6 is 0 Å². The van der Waals surface area contributed by atoms with Crippen LogP contribution in [0.3, 0.4) is 0 Å². The minimum atomic E-state index is -1.47. The normalized spacial score (nSPS) is 50.0. The van der Waals surface area contributed by atoms with E-state index in [9.17, 15) is 35.4 Å². The molecule has 13 heteroatoms. The van der Waals surface area contributed by atoms with Crippen molar-refractivity contribution in [1.82, 2.24) is 0 Å². The molecule has 0 aromatic rings. The van der Waals surface area contributed by atoms with Crippen molar-refractivity contribution in [2.45, 2.75) is 144 Å². The Balaban J connectivity index is 1.37. The monoisotopic (exact) mass is 562 g/mol. The van der Waals surface area contributed by atoms with E-state index in [-0.39, 0.29) is 12.3 Å². The van der Waals surface area contributed by atoms with E-state index >= 15 is 0 Å². The summed E-state index contributed by atoms with van der Waals surface area (Å²) in [5.74, 6) is -1.16. The number of rotatable bonds is 6. The van der Waals surface area contributed by atoms with Crippen LogP contribution in [0.25, 0.3) is 0 Å². The van der Waals surface area contributed by atoms with E-state index in [1.807, 2.05) is 6.92 Å². The molecule has 14 unspecified atom stereocenters. The second-order valence-corrected chi connectivity index (χ2v) is 11.8. The van der Waals surface area contributed by atoms with E-state index in [4.69, 9.17) is 28.4 Å². The van der Waals surface area contributed by atoms with Crippen LogP contribution in [0.2, 0.25) is 0 Å². The van der Waals surface area contributed by atoms with Crippen LogP contribution in [0.15, 0.2) is 0 Å². The third-order valence-corrected chi connectivity index (χ3v) is 8.94. The fourth-order valence-electron chi connectivity index (χ4n) is 6.28. The molecule has 5 aliphatic rings. The predicted octanol–water partition coefficient (Wildman–Crippen LogP) is -0.968. The van der Waals surface area contributed by atoms with Crippen molar-refractivity contribution in [3.05, 3.63) is 0 Å². The second kappa shape index (κ2) is 11.7. The number of hydrogen-bond acceptors (Lipinski definition) is 12. The number of aliphatic carboxylic acids is 1. The quantitative estimate of drug-likeness (QED) is 0.232. The summed E-state index contributed by atoms with van der Waals surface area (Å²) in [6.45, 7) is 3.01. The maximum Gasteiger partial charge on any atom is 0.332 e. The third kappa shape index (κ3) is 6.00. The molecule has 3 saturated heterocycles. The number of ether oxygens (including phenoxy) is 6. The summed E-state index contributed by atoms with van der Waals surface area (Å²) in [6, 6.07) is 0. The lowest BCUT2D eigenvalue weighted by molar-refractivity contribution is -0.360. The molecule has 13 nitrogen and oxygen atoms in total. The van der Waals surface area contributed by atoms with Crippen LogP contribution in [0.1, 0.15) is 58.8 Å². The van der Waals surface area contributed by atoms with Gasteiger partial charge in [0, 0.05) is 0 Å². The molecule has 1 spiro atoms. The Labute approximate surface area is 226 Å². The number of hydrogen-bond donors (Lipinski definition) is 6. The van der Waals surface area contributed by atoms with Gasteiger partial charge in [-0.1, -0.05) is 13.3 Å². The summed E-state index contributed by atoms with van der Waals surface area (Å²) >= 11 is 0. The molecule has 0 aromatic carbocycles. The highest BCUT2D eigenvalue weighted by atomic mass is 16.7. The lowest BCUT2D eigenvalue weighted by Gasteiger charge is -2.49. The maximum absolute atomic E-state index is 11.9. The SMILES string of the molecule is CC1CCCC(OC2OC(CO)C(O)C3OC(C(=O)O)CCC4(CC4)OC23)C1OC1OC(C)C(O)C(O)C1O. The van der Waals surface area contributed by atoms with E-state index in [1.165, 1.54) is 0 Å². The lowest BCUT2D eigenvalue weighted by atomic mass is 9.85. The van der Waals surface area contributed by atoms with Crippen molar-refractivity contribution in [3.8, 4) is 0 Å². The van der Waals surface area contributed by atoms with Gasteiger partial charge in [0.05, 0.1) is 30.5 Å². The summed E-state index contributed by atoms with van der Waals surface area (Å²) in [4.78, 5) is 11.9. The van der Waals surface area contributed by atoms with Crippen molar-refractivity contribution in [3.63, 3.8) is 0 Å². The molecule has 224 valence electrons. The van der Waals surface area contributed by atoms with Gasteiger partial charge >= 0.3 is 5.97 Å². The molecule has 0 bridgehead atoms. The van der Waals surface area contributed by atoms with Gasteiger partial charge in [-0.25, -0.2) is 4.79 Å². The molecule has 2 saturated carbocycles. The molecular weight excluding hydrogens is 520 g/mol. The summed E-state index contributed by atoms with van der Waals surface area (Å²) < 4.78 is 36.6. The van der Waals surface area contributed by atoms with E-state index in [1.54, 1.807) is 6.92 Å². The highest BCUT2D eigenvalue weighted by Gasteiger charge is 2.57.